The Morgan fingerprint density at radius 3 is 1.44 bits per heavy atom. The van der Waals surface area contributed by atoms with Gasteiger partial charge in [0.05, 0.1) is 5.69 Å². The Bertz CT molecular complexity index is 2590. The van der Waals surface area contributed by atoms with E-state index in [4.69, 9.17) is 19.9 Å². The molecule has 8 rings (SSSR count). The molecular formula is C60H68N4. The highest BCUT2D eigenvalue weighted by Gasteiger charge is 2.41. The van der Waals surface area contributed by atoms with Crippen LogP contribution in [0.2, 0.25) is 0 Å². The first-order valence-corrected chi connectivity index (χ1v) is 24.1. The van der Waals surface area contributed by atoms with Crippen molar-refractivity contribution in [1.29, 1.82) is 0 Å². The van der Waals surface area contributed by atoms with E-state index in [1.807, 2.05) is 6.20 Å². The van der Waals surface area contributed by atoms with Crippen molar-refractivity contribution < 1.29 is 0 Å². The highest BCUT2D eigenvalue weighted by Crippen LogP contribution is 2.53. The average molecular weight is 845 g/mol. The molecule has 2 aromatic heterocycles. The van der Waals surface area contributed by atoms with Crippen LogP contribution in [-0.2, 0) is 29.1 Å². The summed E-state index contributed by atoms with van der Waals surface area (Å²) in [7, 11) is 0. The molecule has 328 valence electrons. The van der Waals surface area contributed by atoms with Gasteiger partial charge < -0.3 is 0 Å². The molecule has 0 saturated carbocycles. The lowest BCUT2D eigenvalue weighted by molar-refractivity contribution is 0.590. The number of hydrogen-bond acceptors (Lipinski definition) is 4. The largest absolute Gasteiger partial charge is 0.255 e. The van der Waals surface area contributed by atoms with Crippen molar-refractivity contribution >= 4 is 0 Å². The van der Waals surface area contributed by atoms with E-state index >= 15 is 0 Å². The molecule has 1 aliphatic carbocycles. The number of pyridine rings is 1. The summed E-state index contributed by atoms with van der Waals surface area (Å²) >= 11 is 0. The number of aryl methyl sites for hydroxylation is 2. The summed E-state index contributed by atoms with van der Waals surface area (Å²) in [6, 6.07) is 45.1. The van der Waals surface area contributed by atoms with E-state index in [9.17, 15) is 0 Å². The monoisotopic (exact) mass is 845 g/mol. The normalized spacial score (nSPS) is 14.7. The minimum atomic E-state index is -0.298. The van der Waals surface area contributed by atoms with E-state index < -0.39 is 0 Å². The maximum Gasteiger partial charge on any atom is 0.165 e. The molecule has 64 heavy (non-hydrogen) atoms. The predicted octanol–water partition coefficient (Wildman–Crippen LogP) is 16.1. The first kappa shape index (κ1) is 44.9. The fraction of sp³-hybridized carbons (Fsp3) is 0.367. The van der Waals surface area contributed by atoms with Crippen molar-refractivity contribution in [3.63, 3.8) is 0 Å². The van der Waals surface area contributed by atoms with Crippen LogP contribution in [0.25, 0.3) is 56.5 Å². The van der Waals surface area contributed by atoms with Gasteiger partial charge in [0.25, 0.3) is 0 Å². The SMILES string of the molecule is CCCCCCc1cc(CCCCCC)cc(C2(C)c3ccccc3-c3ccc(-c4ccc(-c5nc(-c6ccc(C(C)(C)C)cc6)nc(-c6ccc(C(C)(C)C)cc6)n5)cn4)cc32)c1. The third-order valence-electron chi connectivity index (χ3n) is 13.6. The van der Waals surface area contributed by atoms with E-state index in [2.05, 4.69) is 184 Å². The molecule has 0 bridgehead atoms. The second kappa shape index (κ2) is 18.8. The fourth-order valence-electron chi connectivity index (χ4n) is 9.51. The Morgan fingerprint density at radius 1 is 0.453 bits per heavy atom. The lowest BCUT2D eigenvalue weighted by Crippen LogP contribution is -2.23. The Hall–Kier alpha value is -5.74. The van der Waals surface area contributed by atoms with E-state index in [0.29, 0.717) is 17.5 Å². The zero-order valence-corrected chi connectivity index (χ0v) is 40.0. The number of rotatable bonds is 15. The van der Waals surface area contributed by atoms with Crippen molar-refractivity contribution in [2.45, 2.75) is 143 Å². The molecule has 0 spiro atoms. The molecule has 2 heterocycles. The van der Waals surface area contributed by atoms with E-state index in [1.54, 1.807) is 0 Å². The van der Waals surface area contributed by atoms with Gasteiger partial charge in [-0.05, 0) is 112 Å². The maximum absolute atomic E-state index is 5.13. The molecule has 4 heteroatoms. The van der Waals surface area contributed by atoms with Gasteiger partial charge in [-0.2, -0.15) is 0 Å². The molecule has 4 nitrogen and oxygen atoms in total. The molecule has 1 aliphatic rings. The molecule has 1 unspecified atom stereocenters. The molecule has 0 radical (unpaired) electrons. The standard InChI is InChI=1S/C60H68N4/c1-10-12-14-16-20-41-36-42(21-17-15-13-11-2)38-49(37-41)60(9)52-23-19-18-22-50(52)51-34-28-45(39-53(51)60)54-35-29-46(40-61-54)57-63-55(43-24-30-47(31-25-43)58(3,4)5)62-56(64-57)44-26-32-48(33-27-44)59(6,7)8/h18-19,22-40H,10-17,20-21H2,1-9H3. The van der Waals surface area contributed by atoms with Gasteiger partial charge in [-0.3, -0.25) is 4.98 Å². The first-order valence-electron chi connectivity index (χ1n) is 24.1. The highest BCUT2D eigenvalue weighted by molar-refractivity contribution is 5.85. The van der Waals surface area contributed by atoms with Gasteiger partial charge in [0.15, 0.2) is 17.5 Å². The van der Waals surface area contributed by atoms with Gasteiger partial charge >= 0.3 is 0 Å². The van der Waals surface area contributed by atoms with Crippen molar-refractivity contribution in [3.05, 3.63) is 166 Å². The Balaban J connectivity index is 1.16. The van der Waals surface area contributed by atoms with Gasteiger partial charge in [-0.25, -0.2) is 15.0 Å². The zero-order valence-electron chi connectivity index (χ0n) is 40.0. The van der Waals surface area contributed by atoms with Crippen LogP contribution < -0.4 is 0 Å². The number of benzene rings is 5. The average Bonchev–Trinajstić information content (AvgIpc) is 3.56. The lowest BCUT2D eigenvalue weighted by atomic mass is 9.72. The molecule has 5 aromatic carbocycles. The molecule has 0 fully saturated rings. The van der Waals surface area contributed by atoms with E-state index in [0.717, 1.165) is 40.8 Å². The molecule has 0 N–H and O–H groups in total. The Labute approximate surface area is 384 Å². The summed E-state index contributed by atoms with van der Waals surface area (Å²) in [6.45, 7) is 20.5. The van der Waals surface area contributed by atoms with Crippen molar-refractivity contribution in [1.82, 2.24) is 19.9 Å². The van der Waals surface area contributed by atoms with Gasteiger partial charge in [0.2, 0.25) is 0 Å². The third kappa shape index (κ3) is 9.53. The van der Waals surface area contributed by atoms with E-state index in [1.165, 1.54) is 101 Å². The van der Waals surface area contributed by atoms with Crippen LogP contribution in [0.15, 0.2) is 128 Å². The minimum absolute atomic E-state index is 0.0489. The Kier molecular flexibility index (Phi) is 13.2. The topological polar surface area (TPSA) is 51.6 Å². The van der Waals surface area contributed by atoms with Crippen molar-refractivity contribution in [3.8, 4) is 56.5 Å². The molecule has 0 aliphatic heterocycles. The molecule has 1 atom stereocenters. The summed E-state index contributed by atoms with van der Waals surface area (Å²) in [5, 5.41) is 0. The second-order valence-electron chi connectivity index (χ2n) is 20.5. The summed E-state index contributed by atoms with van der Waals surface area (Å²) in [5.41, 5.74) is 16.9. The zero-order chi connectivity index (χ0) is 45.1. The summed E-state index contributed by atoms with van der Waals surface area (Å²) in [4.78, 5) is 20.3. The smallest absolute Gasteiger partial charge is 0.165 e. The van der Waals surface area contributed by atoms with Crippen LogP contribution in [0, 0.1) is 0 Å². The second-order valence-corrected chi connectivity index (χ2v) is 20.5. The van der Waals surface area contributed by atoms with Crippen LogP contribution in [-0.4, -0.2) is 19.9 Å². The third-order valence-corrected chi connectivity index (χ3v) is 13.6. The maximum atomic E-state index is 5.13. The molecule has 0 amide bonds. The number of hydrogen-bond donors (Lipinski definition) is 0. The van der Waals surface area contributed by atoms with Crippen LogP contribution in [0.4, 0.5) is 0 Å². The van der Waals surface area contributed by atoms with Crippen molar-refractivity contribution in [2.75, 3.05) is 0 Å². The number of fused-ring (bicyclic) bond motifs is 3. The first-order chi connectivity index (χ1) is 30.8. The molecule has 7 aromatic rings. The lowest BCUT2D eigenvalue weighted by Gasteiger charge is -2.30. The van der Waals surface area contributed by atoms with Crippen LogP contribution in [0.3, 0.4) is 0 Å². The number of aromatic nitrogens is 4. The van der Waals surface area contributed by atoms with Crippen LogP contribution >= 0.6 is 0 Å². The summed E-state index contributed by atoms with van der Waals surface area (Å²) in [6.07, 6.45) is 14.4. The van der Waals surface area contributed by atoms with Gasteiger partial charge in [-0.15, -0.1) is 0 Å². The molecule has 0 saturated heterocycles. The quantitative estimate of drug-likeness (QED) is 0.0965. The van der Waals surface area contributed by atoms with Crippen molar-refractivity contribution in [2.24, 2.45) is 0 Å². The highest BCUT2D eigenvalue weighted by atomic mass is 15.0. The van der Waals surface area contributed by atoms with Crippen LogP contribution in [0.1, 0.15) is 153 Å². The number of unbranched alkanes of at least 4 members (excludes halogenated alkanes) is 6. The summed E-state index contributed by atoms with van der Waals surface area (Å²) < 4.78 is 0. The Morgan fingerprint density at radius 2 is 0.938 bits per heavy atom. The summed E-state index contributed by atoms with van der Waals surface area (Å²) in [5.74, 6) is 1.91. The minimum Gasteiger partial charge on any atom is -0.255 e. The van der Waals surface area contributed by atoms with Crippen LogP contribution in [0.5, 0.6) is 0 Å². The van der Waals surface area contributed by atoms with Gasteiger partial charge in [0, 0.05) is 33.9 Å². The number of nitrogens with zero attached hydrogens (tertiary/aromatic N) is 4. The van der Waals surface area contributed by atoms with Gasteiger partial charge in [0.1, 0.15) is 0 Å². The fourth-order valence-corrected chi connectivity index (χ4v) is 9.51. The van der Waals surface area contributed by atoms with Gasteiger partial charge in [-0.1, -0.05) is 197 Å². The predicted molar refractivity (Wildman–Crippen MR) is 270 cm³/mol. The van der Waals surface area contributed by atoms with E-state index in [-0.39, 0.29) is 16.2 Å². The molecular weight excluding hydrogens is 777 g/mol.